The first kappa shape index (κ1) is 15.6. The number of para-hydroxylation sites is 1. The van der Waals surface area contributed by atoms with Crippen molar-refractivity contribution in [3.8, 4) is 17.2 Å². The van der Waals surface area contributed by atoms with E-state index in [1.54, 1.807) is 43.3 Å². The third-order valence-corrected chi connectivity index (χ3v) is 3.52. The van der Waals surface area contributed by atoms with Crippen LogP contribution in [-0.4, -0.2) is 29.9 Å². The number of anilines is 1. The smallest absolute Gasteiger partial charge is 0.258 e. The maximum atomic E-state index is 12.5. The summed E-state index contributed by atoms with van der Waals surface area (Å²) in [5.41, 5.74) is 1.87. The fourth-order valence-electron chi connectivity index (χ4n) is 2.27. The molecule has 0 atom stereocenters. The molecule has 2 aromatic carbocycles. The van der Waals surface area contributed by atoms with Gasteiger partial charge in [-0.15, -0.1) is 0 Å². The second-order valence-corrected chi connectivity index (χ2v) is 5.03. The van der Waals surface area contributed by atoms with Gasteiger partial charge in [0.25, 0.3) is 5.91 Å². The third kappa shape index (κ3) is 3.22. The fraction of sp³-hybridized carbons (Fsp3) is 0.111. The van der Waals surface area contributed by atoms with Crippen molar-refractivity contribution in [3.05, 3.63) is 66.5 Å². The van der Waals surface area contributed by atoms with Gasteiger partial charge in [0.2, 0.25) is 0 Å². The molecule has 1 aromatic heterocycles. The van der Waals surface area contributed by atoms with Gasteiger partial charge in [0.1, 0.15) is 11.5 Å². The molecular weight excluding hydrogens is 306 g/mol. The number of rotatable bonds is 5. The molecule has 6 heteroatoms. The Morgan fingerprint density at radius 3 is 2.58 bits per heavy atom. The van der Waals surface area contributed by atoms with Crippen molar-refractivity contribution in [1.29, 1.82) is 0 Å². The second kappa shape index (κ2) is 6.87. The molecule has 122 valence electrons. The van der Waals surface area contributed by atoms with Crippen LogP contribution in [0.2, 0.25) is 0 Å². The fourth-order valence-corrected chi connectivity index (χ4v) is 2.27. The van der Waals surface area contributed by atoms with Crippen molar-refractivity contribution < 1.29 is 14.3 Å². The summed E-state index contributed by atoms with van der Waals surface area (Å²) in [6.07, 6.45) is 3.20. The number of amides is 1. The lowest BCUT2D eigenvalue weighted by atomic mass is 10.2. The van der Waals surface area contributed by atoms with Crippen molar-refractivity contribution in [3.63, 3.8) is 0 Å². The molecule has 24 heavy (non-hydrogen) atoms. The molecule has 1 N–H and O–H groups in total. The number of carbonyl (C=O) groups excluding carboxylic acids is 1. The van der Waals surface area contributed by atoms with E-state index < -0.39 is 0 Å². The maximum absolute atomic E-state index is 12.5. The molecule has 0 aliphatic rings. The van der Waals surface area contributed by atoms with Crippen molar-refractivity contribution in [1.82, 2.24) is 9.78 Å². The molecule has 0 saturated carbocycles. The molecule has 0 radical (unpaired) electrons. The average Bonchev–Trinajstić information content (AvgIpc) is 3.12. The summed E-state index contributed by atoms with van der Waals surface area (Å²) in [5, 5.41) is 7.05. The van der Waals surface area contributed by atoms with Gasteiger partial charge in [-0.05, 0) is 24.3 Å². The minimum absolute atomic E-state index is 0.274. The van der Waals surface area contributed by atoms with Gasteiger partial charge in [-0.25, -0.2) is 4.68 Å². The zero-order valence-corrected chi connectivity index (χ0v) is 13.4. The number of hydrogen-bond acceptors (Lipinski definition) is 4. The van der Waals surface area contributed by atoms with Crippen LogP contribution in [0.25, 0.3) is 5.69 Å². The Morgan fingerprint density at radius 1 is 1.08 bits per heavy atom. The zero-order valence-electron chi connectivity index (χ0n) is 13.4. The topological polar surface area (TPSA) is 65.4 Å². The van der Waals surface area contributed by atoms with Crippen LogP contribution >= 0.6 is 0 Å². The molecule has 3 aromatic rings. The van der Waals surface area contributed by atoms with Crippen LogP contribution in [0.1, 0.15) is 10.4 Å². The van der Waals surface area contributed by atoms with E-state index in [9.17, 15) is 4.79 Å². The van der Waals surface area contributed by atoms with E-state index in [1.165, 1.54) is 6.20 Å². The van der Waals surface area contributed by atoms with Crippen molar-refractivity contribution in [2.75, 3.05) is 19.5 Å². The number of hydrogen-bond donors (Lipinski definition) is 1. The minimum atomic E-state index is -0.274. The van der Waals surface area contributed by atoms with Crippen LogP contribution in [0.3, 0.4) is 0 Å². The summed E-state index contributed by atoms with van der Waals surface area (Å²) >= 11 is 0. The Hall–Kier alpha value is -3.28. The molecule has 0 bridgehead atoms. The van der Waals surface area contributed by atoms with Gasteiger partial charge in [0, 0.05) is 12.3 Å². The Kier molecular flexibility index (Phi) is 4.47. The van der Waals surface area contributed by atoms with E-state index in [2.05, 4.69) is 10.4 Å². The molecule has 0 unspecified atom stereocenters. The predicted octanol–water partition coefficient (Wildman–Crippen LogP) is 3.14. The summed E-state index contributed by atoms with van der Waals surface area (Å²) in [7, 11) is 3.11. The molecule has 6 nitrogen and oxygen atoms in total. The SMILES string of the molecule is COc1ccc(OC)c(NC(=O)c2cnn(-c3ccccc3)c2)c1. The predicted molar refractivity (Wildman–Crippen MR) is 91.1 cm³/mol. The Morgan fingerprint density at radius 2 is 1.88 bits per heavy atom. The van der Waals surface area contributed by atoms with Gasteiger partial charge in [-0.3, -0.25) is 4.79 Å². The quantitative estimate of drug-likeness (QED) is 0.783. The van der Waals surface area contributed by atoms with E-state index in [1.807, 2.05) is 30.3 Å². The number of nitrogens with one attached hydrogen (secondary N) is 1. The van der Waals surface area contributed by atoms with Crippen LogP contribution in [0.5, 0.6) is 11.5 Å². The summed E-state index contributed by atoms with van der Waals surface area (Å²) < 4.78 is 12.1. The lowest BCUT2D eigenvalue weighted by Crippen LogP contribution is -2.12. The van der Waals surface area contributed by atoms with Crippen LogP contribution in [0.15, 0.2) is 60.9 Å². The highest BCUT2D eigenvalue weighted by Crippen LogP contribution is 2.29. The van der Waals surface area contributed by atoms with E-state index >= 15 is 0 Å². The number of benzene rings is 2. The van der Waals surface area contributed by atoms with Gasteiger partial charge in [0.05, 0.1) is 37.4 Å². The number of nitrogens with zero attached hydrogens (tertiary/aromatic N) is 2. The van der Waals surface area contributed by atoms with Gasteiger partial charge in [-0.2, -0.15) is 5.10 Å². The first-order valence-electron chi connectivity index (χ1n) is 7.34. The van der Waals surface area contributed by atoms with Crippen LogP contribution in [0, 0.1) is 0 Å². The van der Waals surface area contributed by atoms with Crippen molar-refractivity contribution >= 4 is 11.6 Å². The molecule has 1 heterocycles. The second-order valence-electron chi connectivity index (χ2n) is 5.03. The Bertz CT molecular complexity index is 844. The lowest BCUT2D eigenvalue weighted by Gasteiger charge is -2.11. The van der Waals surface area contributed by atoms with Gasteiger partial charge in [0.15, 0.2) is 0 Å². The van der Waals surface area contributed by atoms with Crippen LogP contribution in [-0.2, 0) is 0 Å². The summed E-state index contributed by atoms with van der Waals surface area (Å²) in [5.74, 6) is 0.911. The van der Waals surface area contributed by atoms with Gasteiger partial charge >= 0.3 is 0 Å². The molecule has 0 fully saturated rings. The maximum Gasteiger partial charge on any atom is 0.258 e. The Labute approximate surface area is 139 Å². The molecule has 0 spiro atoms. The van der Waals surface area contributed by atoms with E-state index in [4.69, 9.17) is 9.47 Å². The largest absolute Gasteiger partial charge is 0.497 e. The van der Waals surface area contributed by atoms with E-state index in [0.29, 0.717) is 22.7 Å². The summed E-state index contributed by atoms with van der Waals surface area (Å²) in [6.45, 7) is 0. The highest BCUT2D eigenvalue weighted by Gasteiger charge is 2.13. The van der Waals surface area contributed by atoms with E-state index in [0.717, 1.165) is 5.69 Å². The number of ether oxygens (including phenoxy) is 2. The minimum Gasteiger partial charge on any atom is -0.497 e. The molecule has 0 aliphatic heterocycles. The molecular formula is C18H17N3O3. The first-order valence-corrected chi connectivity index (χ1v) is 7.34. The number of methoxy groups -OCH3 is 2. The van der Waals surface area contributed by atoms with Crippen molar-refractivity contribution in [2.24, 2.45) is 0 Å². The van der Waals surface area contributed by atoms with Crippen LogP contribution in [0.4, 0.5) is 5.69 Å². The Balaban J connectivity index is 1.82. The van der Waals surface area contributed by atoms with Gasteiger partial charge in [-0.1, -0.05) is 18.2 Å². The highest BCUT2D eigenvalue weighted by molar-refractivity contribution is 6.04. The van der Waals surface area contributed by atoms with Crippen LogP contribution < -0.4 is 14.8 Å². The van der Waals surface area contributed by atoms with E-state index in [-0.39, 0.29) is 5.91 Å². The molecule has 0 aliphatic carbocycles. The lowest BCUT2D eigenvalue weighted by molar-refractivity contribution is 0.102. The van der Waals surface area contributed by atoms with Crippen molar-refractivity contribution in [2.45, 2.75) is 0 Å². The average molecular weight is 323 g/mol. The molecule has 1 amide bonds. The van der Waals surface area contributed by atoms with Gasteiger partial charge < -0.3 is 14.8 Å². The first-order chi connectivity index (χ1) is 11.7. The highest BCUT2D eigenvalue weighted by atomic mass is 16.5. The molecule has 3 rings (SSSR count). The standard InChI is InChI=1S/C18H17N3O3/c1-23-15-8-9-17(24-2)16(10-15)20-18(22)13-11-19-21(12-13)14-6-4-3-5-7-14/h3-12H,1-2H3,(H,20,22). The summed E-state index contributed by atoms with van der Waals surface area (Å²) in [6, 6.07) is 14.8. The third-order valence-electron chi connectivity index (χ3n) is 3.52. The normalized spacial score (nSPS) is 10.2. The molecule has 0 saturated heterocycles. The number of aromatic nitrogens is 2. The summed E-state index contributed by atoms with van der Waals surface area (Å²) in [4.78, 5) is 12.5. The zero-order chi connectivity index (χ0) is 16.9. The number of carbonyl (C=O) groups is 1. The monoisotopic (exact) mass is 323 g/mol.